The van der Waals surface area contributed by atoms with Crippen molar-refractivity contribution in [3.8, 4) is 10.6 Å². The molecule has 0 bridgehead atoms. The quantitative estimate of drug-likeness (QED) is 0.289. The maximum Gasteiger partial charge on any atom is 0.295 e. The molecule has 1 saturated heterocycles. The van der Waals surface area contributed by atoms with E-state index in [4.69, 9.17) is 10.1 Å². The monoisotopic (exact) mass is 492 g/mol. The summed E-state index contributed by atoms with van der Waals surface area (Å²) in [5, 5.41) is 23.5. The zero-order valence-electron chi connectivity index (χ0n) is 16.8. The fourth-order valence-corrected chi connectivity index (χ4v) is 5.64. The largest absolute Gasteiger partial charge is 0.348 e. The van der Waals surface area contributed by atoms with Gasteiger partial charge in [-0.15, -0.1) is 11.3 Å². The molecule has 10 nitrogen and oxygen atoms in total. The molecule has 32 heavy (non-hydrogen) atoms. The van der Waals surface area contributed by atoms with Gasteiger partial charge in [-0.1, -0.05) is 17.4 Å². The van der Waals surface area contributed by atoms with Crippen LogP contribution in [0.25, 0.3) is 10.6 Å². The molecule has 0 spiro atoms. The average molecular weight is 493 g/mol. The number of nitrogens with one attached hydrogen (secondary N) is 1. The summed E-state index contributed by atoms with van der Waals surface area (Å²) in [7, 11) is -4.06. The van der Waals surface area contributed by atoms with E-state index in [1.807, 2.05) is 17.5 Å². The number of thiophene rings is 1. The Kier molecular flexibility index (Phi) is 6.50. The van der Waals surface area contributed by atoms with E-state index in [-0.39, 0.29) is 10.6 Å². The van der Waals surface area contributed by atoms with Crippen LogP contribution in [-0.4, -0.2) is 37.6 Å². The third-order valence-corrected chi connectivity index (χ3v) is 7.72. The summed E-state index contributed by atoms with van der Waals surface area (Å²) in [6.07, 6.45) is 5.08. The number of nitro benzene ring substituents is 1. The highest BCUT2D eigenvalue weighted by atomic mass is 32.2. The maximum atomic E-state index is 11.5. The number of aromatic nitrogens is 1. The number of piperidine rings is 1. The summed E-state index contributed by atoms with van der Waals surface area (Å²) >= 11 is 3.09. The van der Waals surface area contributed by atoms with Gasteiger partial charge in [0.15, 0.2) is 5.13 Å². The fraction of sp³-hybridized carbons (Fsp3) is 0.263. The van der Waals surface area contributed by atoms with Crippen LogP contribution >= 0.6 is 22.7 Å². The number of rotatable bonds is 7. The van der Waals surface area contributed by atoms with Crippen LogP contribution in [-0.2, 0) is 10.0 Å². The second-order valence-electron chi connectivity index (χ2n) is 7.09. The Morgan fingerprint density at radius 3 is 2.69 bits per heavy atom. The van der Waals surface area contributed by atoms with Crippen LogP contribution in [0.4, 0.5) is 16.5 Å². The summed E-state index contributed by atoms with van der Waals surface area (Å²) in [5.41, 5.74) is 3.07. The van der Waals surface area contributed by atoms with Gasteiger partial charge in [0.25, 0.3) is 5.69 Å². The zero-order chi connectivity index (χ0) is 22.7. The van der Waals surface area contributed by atoms with Crippen molar-refractivity contribution < 1.29 is 13.3 Å². The Morgan fingerprint density at radius 2 is 2.03 bits per heavy atom. The number of hydrogen-bond acceptors (Lipinski definition) is 10. The molecular formula is C19H20N6O4S3. The Labute approximate surface area is 192 Å². The molecule has 0 atom stereocenters. The lowest BCUT2D eigenvalue weighted by Crippen LogP contribution is -2.29. The number of benzene rings is 1. The topological polar surface area (TPSA) is 144 Å². The molecule has 3 heterocycles. The highest BCUT2D eigenvalue weighted by molar-refractivity contribution is 7.89. The van der Waals surface area contributed by atoms with Crippen LogP contribution in [0.5, 0.6) is 0 Å². The van der Waals surface area contributed by atoms with Crippen LogP contribution in [0, 0.1) is 10.1 Å². The molecule has 168 valence electrons. The second kappa shape index (κ2) is 9.32. The van der Waals surface area contributed by atoms with Gasteiger partial charge in [0.2, 0.25) is 10.0 Å². The molecule has 13 heteroatoms. The number of primary sulfonamides is 1. The molecule has 1 aromatic carbocycles. The molecule has 4 rings (SSSR count). The number of hydrazone groups is 1. The number of anilines is 2. The van der Waals surface area contributed by atoms with Gasteiger partial charge in [-0.2, -0.15) is 5.10 Å². The van der Waals surface area contributed by atoms with Crippen LogP contribution in [0.15, 0.2) is 45.7 Å². The SMILES string of the molecule is NS(=O)(=O)c1ccc(NN=Cc2sc(N3CCCCC3)nc2-c2cccs2)c([N+](=O)[O-])c1. The minimum atomic E-state index is -4.06. The highest BCUT2D eigenvalue weighted by Crippen LogP contribution is 2.35. The smallest absolute Gasteiger partial charge is 0.295 e. The van der Waals surface area contributed by atoms with Crippen LogP contribution in [0.2, 0.25) is 0 Å². The van der Waals surface area contributed by atoms with Crippen molar-refractivity contribution in [3.63, 3.8) is 0 Å². The maximum absolute atomic E-state index is 11.5. The Hall–Kier alpha value is -2.87. The fourth-order valence-electron chi connectivity index (χ4n) is 3.31. The van der Waals surface area contributed by atoms with Crippen molar-refractivity contribution >= 4 is 55.4 Å². The van der Waals surface area contributed by atoms with Gasteiger partial charge >= 0.3 is 0 Å². The minimum Gasteiger partial charge on any atom is -0.348 e. The van der Waals surface area contributed by atoms with E-state index in [1.54, 1.807) is 17.6 Å². The molecule has 1 aliphatic rings. The summed E-state index contributed by atoms with van der Waals surface area (Å²) in [5.74, 6) is 0. The molecule has 3 aromatic rings. The standard InChI is InChI=1S/C19H20N6O4S3/c20-32(28,29)13-6-7-14(15(11-13)25(26)27)23-21-12-17-18(16-5-4-10-30-16)22-19(31-17)24-8-2-1-3-9-24/h4-7,10-12,23H,1-3,8-9H2,(H2,20,28,29). The van der Waals surface area contributed by atoms with E-state index in [2.05, 4.69) is 15.4 Å². The predicted octanol–water partition coefficient (Wildman–Crippen LogP) is 3.86. The van der Waals surface area contributed by atoms with Crippen LogP contribution in [0.1, 0.15) is 24.1 Å². The third-order valence-electron chi connectivity index (χ3n) is 4.88. The molecule has 0 amide bonds. The Bertz CT molecular complexity index is 1250. The van der Waals surface area contributed by atoms with Crippen LogP contribution in [0.3, 0.4) is 0 Å². The molecule has 0 aliphatic carbocycles. The average Bonchev–Trinajstić information content (AvgIpc) is 3.43. The van der Waals surface area contributed by atoms with Gasteiger partial charge in [-0.25, -0.2) is 18.5 Å². The van der Waals surface area contributed by atoms with Crippen LogP contribution < -0.4 is 15.5 Å². The zero-order valence-corrected chi connectivity index (χ0v) is 19.3. The molecule has 3 N–H and O–H groups in total. The Morgan fingerprint density at radius 1 is 1.25 bits per heavy atom. The molecular weight excluding hydrogens is 472 g/mol. The molecule has 0 saturated carbocycles. The Balaban J connectivity index is 1.62. The van der Waals surface area contributed by atoms with Crippen molar-refractivity contribution in [2.24, 2.45) is 10.2 Å². The lowest BCUT2D eigenvalue weighted by molar-refractivity contribution is -0.384. The predicted molar refractivity (Wildman–Crippen MR) is 127 cm³/mol. The number of nitrogens with two attached hydrogens (primary N) is 1. The highest BCUT2D eigenvalue weighted by Gasteiger charge is 2.20. The molecule has 1 fully saturated rings. The number of nitro groups is 1. The normalized spacial score (nSPS) is 14.7. The van der Waals surface area contributed by atoms with E-state index in [1.165, 1.54) is 29.9 Å². The minimum absolute atomic E-state index is 0.0529. The first-order valence-corrected chi connectivity index (χ1v) is 13.0. The summed E-state index contributed by atoms with van der Waals surface area (Å²) in [6.45, 7) is 1.93. The van der Waals surface area contributed by atoms with Gasteiger partial charge in [-0.05, 0) is 42.8 Å². The molecule has 2 aromatic heterocycles. The second-order valence-corrected chi connectivity index (χ2v) is 10.6. The third kappa shape index (κ3) is 4.96. The van der Waals surface area contributed by atoms with E-state index >= 15 is 0 Å². The van der Waals surface area contributed by atoms with E-state index in [0.29, 0.717) is 0 Å². The molecule has 0 unspecified atom stereocenters. The lowest BCUT2D eigenvalue weighted by Gasteiger charge is -2.25. The van der Waals surface area contributed by atoms with E-state index in [9.17, 15) is 18.5 Å². The number of hydrogen-bond donors (Lipinski definition) is 2. The van der Waals surface area contributed by atoms with Gasteiger partial charge < -0.3 is 4.90 Å². The number of nitrogens with zero attached hydrogens (tertiary/aromatic N) is 4. The molecule has 1 aliphatic heterocycles. The van der Waals surface area contributed by atoms with Crippen molar-refractivity contribution in [3.05, 3.63) is 50.7 Å². The summed E-state index contributed by atoms with van der Waals surface area (Å²) in [6, 6.07) is 7.31. The summed E-state index contributed by atoms with van der Waals surface area (Å²) in [4.78, 5) is 19.3. The molecule has 0 radical (unpaired) electrons. The van der Waals surface area contributed by atoms with Gasteiger partial charge in [0.05, 0.1) is 25.8 Å². The van der Waals surface area contributed by atoms with Crippen molar-refractivity contribution in [1.82, 2.24) is 4.98 Å². The van der Waals surface area contributed by atoms with Crippen molar-refractivity contribution in [2.45, 2.75) is 24.2 Å². The lowest BCUT2D eigenvalue weighted by atomic mass is 10.1. The first-order valence-electron chi connectivity index (χ1n) is 9.73. The number of sulfonamides is 1. The summed E-state index contributed by atoms with van der Waals surface area (Å²) < 4.78 is 23.0. The van der Waals surface area contributed by atoms with Gasteiger partial charge in [0.1, 0.15) is 11.4 Å². The van der Waals surface area contributed by atoms with Gasteiger partial charge in [-0.3, -0.25) is 15.5 Å². The van der Waals surface area contributed by atoms with Gasteiger partial charge in [0, 0.05) is 19.2 Å². The van der Waals surface area contributed by atoms with Crippen molar-refractivity contribution in [2.75, 3.05) is 23.4 Å². The number of thiazole rings is 1. The first kappa shape index (κ1) is 22.3. The first-order chi connectivity index (χ1) is 15.3. The van der Waals surface area contributed by atoms with E-state index in [0.717, 1.165) is 52.6 Å². The van der Waals surface area contributed by atoms with Crippen molar-refractivity contribution in [1.29, 1.82) is 0 Å². The van der Waals surface area contributed by atoms with E-state index < -0.39 is 20.6 Å².